The molecule has 0 spiro atoms. The van der Waals surface area contributed by atoms with E-state index in [1.54, 1.807) is 54.2 Å². The van der Waals surface area contributed by atoms with Crippen LogP contribution in [0, 0.1) is 5.41 Å². The Hall–Kier alpha value is -3.51. The van der Waals surface area contributed by atoms with E-state index < -0.39 is 15.9 Å². The zero-order chi connectivity index (χ0) is 27.3. The zero-order valence-corrected chi connectivity index (χ0v) is 22.8. The van der Waals surface area contributed by atoms with Crippen molar-refractivity contribution in [2.75, 3.05) is 42.5 Å². The van der Waals surface area contributed by atoms with Gasteiger partial charge in [0, 0.05) is 37.2 Å². The molecule has 5 N–H and O–H groups in total. The molecule has 0 bridgehead atoms. The van der Waals surface area contributed by atoms with E-state index in [-0.39, 0.29) is 24.0 Å². The third kappa shape index (κ3) is 6.87. The molecule has 202 valence electrons. The van der Waals surface area contributed by atoms with E-state index in [1.165, 1.54) is 10.4 Å². The summed E-state index contributed by atoms with van der Waals surface area (Å²) in [7, 11) is -3.67. The van der Waals surface area contributed by atoms with Gasteiger partial charge in [0.2, 0.25) is 10.0 Å². The first-order valence-corrected chi connectivity index (χ1v) is 15.1. The standard InChI is InChI=1S/C26H32N6O4S2/c1-38(34,35)32(12-3-5-18-4-2-6-19(16-18)24(27)28)20-7-8-23(22(17-20)25(29)33)36-21-9-13-31(14-10-21)26-30-11-15-37-26/h2-8,16-17,21H,9-15H2,1H3,(H3,27,28)(H2,29,33). The van der Waals surface area contributed by atoms with Crippen LogP contribution in [0.2, 0.25) is 0 Å². The minimum atomic E-state index is -3.67. The first-order chi connectivity index (χ1) is 18.1. The number of anilines is 1. The molecule has 2 aromatic carbocycles. The summed E-state index contributed by atoms with van der Waals surface area (Å²) in [6, 6.07) is 11.8. The maximum atomic E-state index is 12.6. The molecular formula is C26H32N6O4S2. The van der Waals surface area contributed by atoms with Gasteiger partial charge < -0.3 is 21.1 Å². The van der Waals surface area contributed by atoms with E-state index in [2.05, 4.69) is 9.89 Å². The normalized spacial score (nSPS) is 16.4. The van der Waals surface area contributed by atoms with Gasteiger partial charge in [-0.3, -0.25) is 19.5 Å². The topological polar surface area (TPSA) is 155 Å². The van der Waals surface area contributed by atoms with Gasteiger partial charge in [0.1, 0.15) is 17.7 Å². The number of nitrogens with one attached hydrogen (secondary N) is 1. The predicted octanol–water partition coefficient (Wildman–Crippen LogP) is 2.49. The van der Waals surface area contributed by atoms with Gasteiger partial charge in [0.15, 0.2) is 5.17 Å². The number of ether oxygens (including phenoxy) is 1. The van der Waals surface area contributed by atoms with Crippen LogP contribution < -0.4 is 20.5 Å². The Balaban J connectivity index is 1.48. The molecule has 1 saturated heterocycles. The Morgan fingerprint density at radius 3 is 2.63 bits per heavy atom. The molecule has 2 heterocycles. The fourth-order valence-electron chi connectivity index (χ4n) is 4.35. The number of carbonyl (C=O) groups is 1. The predicted molar refractivity (Wildman–Crippen MR) is 154 cm³/mol. The number of sulfonamides is 1. The number of thioether (sulfide) groups is 1. The summed E-state index contributed by atoms with van der Waals surface area (Å²) in [5, 5.41) is 8.67. The van der Waals surface area contributed by atoms with Gasteiger partial charge in [-0.1, -0.05) is 42.1 Å². The Kier molecular flexibility index (Phi) is 8.62. The second-order valence-electron chi connectivity index (χ2n) is 9.10. The first-order valence-electron chi connectivity index (χ1n) is 12.2. The number of benzene rings is 2. The summed E-state index contributed by atoms with van der Waals surface area (Å²) in [5.74, 6) is 0.624. The number of nitrogen functional groups attached to an aromatic ring is 1. The van der Waals surface area contributed by atoms with Crippen LogP contribution in [-0.4, -0.2) is 74.5 Å². The largest absolute Gasteiger partial charge is 0.489 e. The third-order valence-corrected chi connectivity index (χ3v) is 8.46. The van der Waals surface area contributed by atoms with E-state index in [4.69, 9.17) is 21.6 Å². The maximum Gasteiger partial charge on any atom is 0.252 e. The summed E-state index contributed by atoms with van der Waals surface area (Å²) >= 11 is 1.77. The van der Waals surface area contributed by atoms with Crippen molar-refractivity contribution in [2.45, 2.75) is 18.9 Å². The number of carbonyl (C=O) groups excluding carboxylic acids is 1. The fourth-order valence-corrected chi connectivity index (χ4v) is 6.12. The average molecular weight is 557 g/mol. The maximum absolute atomic E-state index is 12.6. The van der Waals surface area contributed by atoms with Gasteiger partial charge in [-0.15, -0.1) is 0 Å². The molecule has 0 aliphatic carbocycles. The lowest BCUT2D eigenvalue weighted by Crippen LogP contribution is -2.40. The van der Waals surface area contributed by atoms with Crippen LogP contribution in [0.4, 0.5) is 5.69 Å². The van der Waals surface area contributed by atoms with Gasteiger partial charge in [0.05, 0.1) is 30.6 Å². The van der Waals surface area contributed by atoms with Crippen LogP contribution in [0.25, 0.3) is 6.08 Å². The van der Waals surface area contributed by atoms with Crippen LogP contribution in [-0.2, 0) is 10.0 Å². The highest BCUT2D eigenvalue weighted by Crippen LogP contribution is 2.29. The minimum Gasteiger partial charge on any atom is -0.489 e. The van der Waals surface area contributed by atoms with E-state index in [1.807, 2.05) is 6.07 Å². The van der Waals surface area contributed by atoms with Gasteiger partial charge in [-0.2, -0.15) is 0 Å². The SMILES string of the molecule is CS(=O)(=O)N(CC=Cc1cccc(C(=N)N)c1)c1ccc(OC2CCN(C3=NCCS3)CC2)c(C(N)=O)c1. The van der Waals surface area contributed by atoms with Crippen molar-refractivity contribution in [3.63, 3.8) is 0 Å². The number of hydrogen-bond acceptors (Lipinski definition) is 8. The number of piperidine rings is 1. The molecule has 12 heteroatoms. The minimum absolute atomic E-state index is 0.0297. The van der Waals surface area contributed by atoms with Gasteiger partial charge in [0.25, 0.3) is 5.91 Å². The number of primary amides is 1. The van der Waals surface area contributed by atoms with Gasteiger partial charge >= 0.3 is 0 Å². The molecule has 2 aromatic rings. The van der Waals surface area contributed by atoms with E-state index in [0.717, 1.165) is 55.2 Å². The molecule has 2 aliphatic rings. The van der Waals surface area contributed by atoms with Crippen LogP contribution in [0.1, 0.15) is 34.3 Å². The van der Waals surface area contributed by atoms with Crippen molar-refractivity contribution in [1.82, 2.24) is 4.90 Å². The van der Waals surface area contributed by atoms with Crippen LogP contribution >= 0.6 is 11.8 Å². The third-order valence-electron chi connectivity index (χ3n) is 6.27. The summed E-state index contributed by atoms with van der Waals surface area (Å²) in [6.07, 6.45) is 6.03. The highest BCUT2D eigenvalue weighted by molar-refractivity contribution is 8.14. The molecule has 2 aliphatic heterocycles. The number of hydrogen-bond donors (Lipinski definition) is 3. The molecule has 1 amide bonds. The lowest BCUT2D eigenvalue weighted by atomic mass is 10.1. The van der Waals surface area contributed by atoms with Crippen LogP contribution in [0.5, 0.6) is 5.75 Å². The summed E-state index contributed by atoms with van der Waals surface area (Å²) in [5.41, 5.74) is 13.0. The Labute approximate surface area is 227 Å². The van der Waals surface area contributed by atoms with Gasteiger partial charge in [-0.05, 0) is 29.8 Å². The Morgan fingerprint density at radius 1 is 1.24 bits per heavy atom. The quantitative estimate of drug-likeness (QED) is 0.317. The molecule has 0 unspecified atom stereocenters. The molecule has 1 fully saturated rings. The van der Waals surface area contributed by atoms with Crippen molar-refractivity contribution in [2.24, 2.45) is 16.5 Å². The fraction of sp³-hybridized carbons (Fsp3) is 0.346. The number of nitrogens with zero attached hydrogens (tertiary/aromatic N) is 3. The molecule has 0 radical (unpaired) electrons. The van der Waals surface area contributed by atoms with E-state index >= 15 is 0 Å². The van der Waals surface area contributed by atoms with Crippen molar-refractivity contribution < 1.29 is 17.9 Å². The smallest absolute Gasteiger partial charge is 0.252 e. The van der Waals surface area contributed by atoms with Crippen LogP contribution in [0.3, 0.4) is 0 Å². The lowest BCUT2D eigenvalue weighted by molar-refractivity contribution is 0.0983. The molecule has 38 heavy (non-hydrogen) atoms. The molecule has 4 rings (SSSR count). The molecule has 0 saturated carbocycles. The van der Waals surface area contributed by atoms with Crippen molar-refractivity contribution in [1.29, 1.82) is 5.41 Å². The zero-order valence-electron chi connectivity index (χ0n) is 21.2. The van der Waals surface area contributed by atoms with E-state index in [9.17, 15) is 13.2 Å². The summed E-state index contributed by atoms with van der Waals surface area (Å²) in [4.78, 5) is 19.1. The number of amides is 1. The van der Waals surface area contributed by atoms with Gasteiger partial charge in [-0.25, -0.2) is 8.42 Å². The van der Waals surface area contributed by atoms with Crippen molar-refractivity contribution in [3.05, 3.63) is 65.2 Å². The molecule has 0 atom stereocenters. The number of amidine groups is 2. The number of nitrogens with two attached hydrogens (primary N) is 2. The second kappa shape index (κ2) is 11.9. The van der Waals surface area contributed by atoms with Crippen molar-refractivity contribution in [3.8, 4) is 5.75 Å². The molecular weight excluding hydrogens is 524 g/mol. The number of likely N-dealkylation sites (tertiary alicyclic amines) is 1. The molecule has 0 aromatic heterocycles. The summed E-state index contributed by atoms with van der Waals surface area (Å²) in [6.45, 7) is 2.54. The Bertz CT molecular complexity index is 1370. The number of aliphatic imine (C=N–C) groups is 1. The summed E-state index contributed by atoms with van der Waals surface area (Å²) < 4.78 is 32.6. The van der Waals surface area contributed by atoms with Crippen molar-refractivity contribution >= 4 is 50.5 Å². The first kappa shape index (κ1) is 27.5. The van der Waals surface area contributed by atoms with Crippen LogP contribution in [0.15, 0.2) is 53.5 Å². The number of rotatable bonds is 9. The average Bonchev–Trinajstić information content (AvgIpc) is 3.42. The highest BCUT2D eigenvalue weighted by atomic mass is 32.2. The highest BCUT2D eigenvalue weighted by Gasteiger charge is 2.26. The second-order valence-corrected chi connectivity index (χ2v) is 12.1. The lowest BCUT2D eigenvalue weighted by Gasteiger charge is -2.33. The Morgan fingerprint density at radius 2 is 2.00 bits per heavy atom. The monoisotopic (exact) mass is 556 g/mol. The van der Waals surface area contributed by atoms with E-state index in [0.29, 0.717) is 17.0 Å². The molecule has 10 nitrogen and oxygen atoms in total.